The third-order valence-electron chi connectivity index (χ3n) is 5.54. The van der Waals surface area contributed by atoms with E-state index in [4.69, 9.17) is 4.74 Å². The number of rotatable bonds is 6. The number of pyridine rings is 1. The number of aromatic nitrogens is 1. The van der Waals surface area contributed by atoms with Crippen LogP contribution in [0.1, 0.15) is 18.4 Å². The molecule has 1 aromatic heterocycles. The number of anilines is 1. The number of imide groups is 1. The van der Waals surface area contributed by atoms with Crippen LogP contribution < -0.4 is 15.0 Å². The Hall–Kier alpha value is -3.53. The number of urea groups is 1. The number of carbonyl (C=O) groups excluding carboxylic acids is 2. The lowest BCUT2D eigenvalue weighted by Crippen LogP contribution is -2.35. The molecule has 4 rings (SSSR count). The largest absolute Gasteiger partial charge is 0.497 e. The second kappa shape index (κ2) is 9.38. The highest BCUT2D eigenvalue weighted by Gasteiger charge is 2.43. The monoisotopic (exact) mass is 487 g/mol. The molecule has 0 saturated carbocycles. The predicted octanol–water partition coefficient (Wildman–Crippen LogP) is 5.60. The van der Waals surface area contributed by atoms with E-state index in [1.165, 1.54) is 24.3 Å². The lowest BCUT2D eigenvalue weighted by atomic mass is 9.88. The van der Waals surface area contributed by atoms with Crippen LogP contribution in [0, 0.1) is 0 Å². The molecule has 34 heavy (non-hydrogen) atoms. The van der Waals surface area contributed by atoms with Crippen LogP contribution in [-0.2, 0) is 4.79 Å². The first-order valence-electron chi connectivity index (χ1n) is 10.3. The van der Waals surface area contributed by atoms with Gasteiger partial charge < -0.3 is 10.1 Å². The van der Waals surface area contributed by atoms with Crippen molar-refractivity contribution in [2.75, 3.05) is 12.0 Å². The number of hydrogen-bond donors (Lipinski definition) is 1. The fourth-order valence-electron chi connectivity index (χ4n) is 3.87. The van der Waals surface area contributed by atoms with Crippen molar-refractivity contribution in [3.8, 4) is 16.9 Å². The van der Waals surface area contributed by atoms with Gasteiger partial charge in [-0.1, -0.05) is 19.1 Å². The van der Waals surface area contributed by atoms with Crippen LogP contribution in [0.4, 0.5) is 23.7 Å². The molecule has 2 aromatic carbocycles. The number of ether oxygens (including phenoxy) is 1. The number of methoxy groups -OCH3 is 1. The highest BCUT2D eigenvalue weighted by Crippen LogP contribution is 2.38. The Bertz CT molecular complexity index is 1200. The zero-order chi connectivity index (χ0) is 24.5. The van der Waals surface area contributed by atoms with Crippen molar-refractivity contribution < 1.29 is 27.5 Å². The van der Waals surface area contributed by atoms with Crippen LogP contribution in [-0.4, -0.2) is 35.6 Å². The Labute approximate surface area is 198 Å². The molecule has 2 atom stereocenters. The average Bonchev–Trinajstić information content (AvgIpc) is 3.12. The summed E-state index contributed by atoms with van der Waals surface area (Å²) in [6.07, 6.45) is 3.32. The molecule has 1 aliphatic rings. The minimum absolute atomic E-state index is 0.0332. The molecule has 1 saturated heterocycles. The molecule has 1 N–H and O–H groups in total. The van der Waals surface area contributed by atoms with Gasteiger partial charge in [-0.25, -0.2) is 9.69 Å². The van der Waals surface area contributed by atoms with E-state index in [-0.39, 0.29) is 22.3 Å². The summed E-state index contributed by atoms with van der Waals surface area (Å²) < 4.78 is 43.0. The molecular weight excluding hydrogens is 467 g/mol. The number of hydrogen-bond acceptors (Lipinski definition) is 5. The van der Waals surface area contributed by atoms with Gasteiger partial charge in [0.1, 0.15) is 11.8 Å². The highest BCUT2D eigenvalue weighted by molar-refractivity contribution is 8.00. The van der Waals surface area contributed by atoms with E-state index in [2.05, 4.69) is 10.3 Å². The third-order valence-corrected chi connectivity index (χ3v) is 6.28. The second-order valence-corrected chi connectivity index (χ2v) is 8.76. The molecule has 3 aromatic rings. The van der Waals surface area contributed by atoms with E-state index in [0.29, 0.717) is 5.75 Å². The number of halogens is 3. The maximum atomic E-state index is 13.2. The number of nitrogens with one attached hydrogen (secondary N) is 1. The van der Waals surface area contributed by atoms with Gasteiger partial charge in [0.25, 0.3) is 5.91 Å². The van der Waals surface area contributed by atoms with Crippen LogP contribution in [0.3, 0.4) is 0 Å². The van der Waals surface area contributed by atoms with Crippen molar-refractivity contribution in [2.45, 2.75) is 29.3 Å². The molecule has 0 spiro atoms. The number of nitrogens with zero attached hydrogens (tertiary/aromatic N) is 2. The molecule has 2 heterocycles. The Morgan fingerprint density at radius 1 is 1.06 bits per heavy atom. The van der Waals surface area contributed by atoms with Crippen LogP contribution in [0.25, 0.3) is 11.1 Å². The van der Waals surface area contributed by atoms with Crippen molar-refractivity contribution in [3.63, 3.8) is 0 Å². The molecule has 0 aliphatic carbocycles. The molecule has 176 valence electrons. The Morgan fingerprint density at radius 3 is 2.35 bits per heavy atom. The molecule has 6 nitrogen and oxygen atoms in total. The van der Waals surface area contributed by atoms with Gasteiger partial charge in [0.15, 0.2) is 0 Å². The van der Waals surface area contributed by atoms with Crippen LogP contribution in [0.5, 0.6) is 5.75 Å². The first-order valence-corrected chi connectivity index (χ1v) is 11.1. The predicted molar refractivity (Wildman–Crippen MR) is 123 cm³/mol. The fraction of sp³-hybridized carbons (Fsp3) is 0.208. The minimum Gasteiger partial charge on any atom is -0.497 e. The SMILES string of the molecule is COc1ccc(-c2cnccc2C(C)C2NC(=O)N(c3ccc(SC(F)(F)F)cc3)C2=O)cc1. The minimum atomic E-state index is -4.42. The second-order valence-electron chi connectivity index (χ2n) is 7.62. The molecule has 10 heteroatoms. The van der Waals surface area contributed by atoms with Gasteiger partial charge in [-0.2, -0.15) is 13.2 Å². The van der Waals surface area contributed by atoms with Gasteiger partial charge >= 0.3 is 11.5 Å². The number of benzene rings is 2. The summed E-state index contributed by atoms with van der Waals surface area (Å²) >= 11 is -0.260. The van der Waals surface area contributed by atoms with E-state index in [1.807, 2.05) is 31.2 Å². The number of carbonyl (C=O) groups is 2. The van der Waals surface area contributed by atoms with Gasteiger partial charge in [0, 0.05) is 28.8 Å². The summed E-state index contributed by atoms with van der Waals surface area (Å²) in [4.78, 5) is 31.0. The molecule has 1 fully saturated rings. The third kappa shape index (κ3) is 4.86. The smallest absolute Gasteiger partial charge is 0.446 e. The zero-order valence-corrected chi connectivity index (χ0v) is 19.0. The first-order chi connectivity index (χ1) is 16.2. The van der Waals surface area contributed by atoms with Gasteiger partial charge in [0.2, 0.25) is 0 Å². The summed E-state index contributed by atoms with van der Waals surface area (Å²) in [7, 11) is 1.58. The normalized spacial score (nSPS) is 17.0. The topological polar surface area (TPSA) is 71.5 Å². The standard InChI is InChI=1S/C24H20F3N3O3S/c1-14(19-11-12-28-13-20(19)15-3-7-17(33-2)8-4-15)21-22(31)30(23(32)29-21)16-5-9-18(10-6-16)34-24(25,26)27/h3-14,21H,1-2H3,(H,29,32). The summed E-state index contributed by atoms with van der Waals surface area (Å²) in [6.45, 7) is 1.83. The molecule has 0 bridgehead atoms. The zero-order valence-electron chi connectivity index (χ0n) is 18.2. The van der Waals surface area contributed by atoms with E-state index < -0.39 is 29.4 Å². The van der Waals surface area contributed by atoms with Crippen LogP contribution in [0.2, 0.25) is 0 Å². The summed E-state index contributed by atoms with van der Waals surface area (Å²) in [5.74, 6) is -0.177. The molecule has 0 radical (unpaired) electrons. The maximum Gasteiger partial charge on any atom is 0.446 e. The number of alkyl halides is 3. The van der Waals surface area contributed by atoms with E-state index in [1.54, 1.807) is 25.6 Å². The van der Waals surface area contributed by atoms with Crippen molar-refractivity contribution >= 4 is 29.4 Å². The highest BCUT2D eigenvalue weighted by atomic mass is 32.2. The maximum absolute atomic E-state index is 13.2. The van der Waals surface area contributed by atoms with Gasteiger partial charge in [-0.3, -0.25) is 9.78 Å². The Balaban J connectivity index is 1.58. The molecule has 1 aliphatic heterocycles. The van der Waals surface area contributed by atoms with Gasteiger partial charge in [-0.05, 0) is 65.4 Å². The fourth-order valence-corrected chi connectivity index (χ4v) is 4.41. The Morgan fingerprint density at radius 2 is 1.74 bits per heavy atom. The summed E-state index contributed by atoms with van der Waals surface area (Å²) in [5.41, 5.74) is -1.71. The summed E-state index contributed by atoms with van der Waals surface area (Å²) in [6, 6.07) is 12.8. The molecule has 2 unspecified atom stereocenters. The average molecular weight is 488 g/mol. The first kappa shape index (κ1) is 23.6. The van der Waals surface area contributed by atoms with Crippen molar-refractivity contribution in [3.05, 3.63) is 72.6 Å². The van der Waals surface area contributed by atoms with Crippen LogP contribution >= 0.6 is 11.8 Å². The van der Waals surface area contributed by atoms with Crippen LogP contribution in [0.15, 0.2) is 71.9 Å². The van der Waals surface area contributed by atoms with Crippen molar-refractivity contribution in [1.82, 2.24) is 10.3 Å². The van der Waals surface area contributed by atoms with Gasteiger partial charge in [0.05, 0.1) is 12.8 Å². The molecule has 3 amide bonds. The van der Waals surface area contributed by atoms with E-state index in [0.717, 1.165) is 21.6 Å². The molecular formula is C24H20F3N3O3S. The van der Waals surface area contributed by atoms with Crippen molar-refractivity contribution in [1.29, 1.82) is 0 Å². The van der Waals surface area contributed by atoms with E-state index in [9.17, 15) is 22.8 Å². The van der Waals surface area contributed by atoms with Gasteiger partial charge in [-0.15, -0.1) is 0 Å². The number of thioether (sulfide) groups is 1. The lowest BCUT2D eigenvalue weighted by Gasteiger charge is -2.21. The quantitative estimate of drug-likeness (QED) is 0.362. The number of amides is 3. The lowest BCUT2D eigenvalue weighted by molar-refractivity contribution is -0.118. The Kier molecular flexibility index (Phi) is 6.52. The van der Waals surface area contributed by atoms with Crippen molar-refractivity contribution in [2.24, 2.45) is 0 Å². The summed E-state index contributed by atoms with van der Waals surface area (Å²) in [5, 5.41) is 2.71. The van der Waals surface area contributed by atoms with E-state index >= 15 is 0 Å².